The zero-order chi connectivity index (χ0) is 17.8. The van der Waals surface area contributed by atoms with Crippen LogP contribution < -0.4 is 0 Å². The number of amides is 1. The van der Waals surface area contributed by atoms with E-state index in [0.29, 0.717) is 31.7 Å². The molecule has 134 valence electrons. The van der Waals surface area contributed by atoms with Crippen LogP contribution in [0.5, 0.6) is 0 Å². The highest BCUT2D eigenvalue weighted by atomic mass is 79.9. The summed E-state index contributed by atoms with van der Waals surface area (Å²) < 4.78 is 2.14. The van der Waals surface area contributed by atoms with Gasteiger partial charge in [0.05, 0.1) is 15.2 Å². The van der Waals surface area contributed by atoms with Crippen molar-refractivity contribution in [3.05, 3.63) is 27.7 Å². The van der Waals surface area contributed by atoms with E-state index in [2.05, 4.69) is 20.9 Å². The highest BCUT2D eigenvalue weighted by Gasteiger charge is 2.24. The molecule has 1 amide bonds. The number of piperidine rings is 1. The van der Waals surface area contributed by atoms with Crippen molar-refractivity contribution < 1.29 is 14.7 Å². The molecule has 3 rings (SSSR count). The molecule has 1 N–H and O–H groups in total. The summed E-state index contributed by atoms with van der Waals surface area (Å²) in [4.78, 5) is 29.7. The van der Waals surface area contributed by atoms with Crippen molar-refractivity contribution in [3.8, 4) is 0 Å². The van der Waals surface area contributed by atoms with Crippen LogP contribution in [0.2, 0.25) is 0 Å². The Kier molecular flexibility index (Phi) is 6.06. The van der Waals surface area contributed by atoms with Crippen LogP contribution in [0, 0.1) is 5.92 Å². The minimum atomic E-state index is -0.758. The van der Waals surface area contributed by atoms with E-state index in [0.717, 1.165) is 39.1 Å². The standard InChI is InChI=1S/C18H21BrN2O3S/c19-13-4-5-15-14(10-13)20-16(25-15)6-7-17(22)21-9-1-2-12(11-21)3-8-18(23)24/h4-5,10,12H,1-3,6-9,11H2,(H,23,24). The number of thiazole rings is 1. The zero-order valence-electron chi connectivity index (χ0n) is 13.9. The first-order chi connectivity index (χ1) is 12.0. The van der Waals surface area contributed by atoms with E-state index in [4.69, 9.17) is 5.11 Å². The molecule has 1 aromatic carbocycles. The molecule has 2 aromatic rings. The highest BCUT2D eigenvalue weighted by Crippen LogP contribution is 2.26. The van der Waals surface area contributed by atoms with Crippen LogP contribution in [0.15, 0.2) is 22.7 Å². The van der Waals surface area contributed by atoms with Crippen LogP contribution in [0.25, 0.3) is 10.2 Å². The van der Waals surface area contributed by atoms with Crippen LogP contribution in [0.4, 0.5) is 0 Å². The number of aliphatic carboxylic acids is 1. The fourth-order valence-electron chi connectivity index (χ4n) is 3.28. The van der Waals surface area contributed by atoms with Crippen LogP contribution in [0.1, 0.15) is 37.1 Å². The number of rotatable bonds is 6. The van der Waals surface area contributed by atoms with Gasteiger partial charge in [0, 0.05) is 36.8 Å². The normalized spacial score (nSPS) is 17.8. The van der Waals surface area contributed by atoms with Gasteiger partial charge in [0.15, 0.2) is 0 Å². The number of nitrogens with zero attached hydrogens (tertiary/aromatic N) is 2. The molecule has 5 nitrogen and oxygen atoms in total. The van der Waals surface area contributed by atoms with Gasteiger partial charge in [-0.25, -0.2) is 4.98 Å². The van der Waals surface area contributed by atoms with Gasteiger partial charge in [-0.05, 0) is 43.4 Å². The quantitative estimate of drug-likeness (QED) is 0.757. The maximum Gasteiger partial charge on any atom is 0.303 e. The fourth-order valence-corrected chi connectivity index (χ4v) is 4.58. The Labute approximate surface area is 159 Å². The smallest absolute Gasteiger partial charge is 0.303 e. The SMILES string of the molecule is O=C(O)CCC1CCCN(C(=O)CCc2nc3cc(Br)ccc3s2)C1. The minimum absolute atomic E-state index is 0.153. The first kappa shape index (κ1) is 18.3. The van der Waals surface area contributed by atoms with E-state index in [-0.39, 0.29) is 12.3 Å². The molecule has 1 aliphatic rings. The topological polar surface area (TPSA) is 70.5 Å². The number of halogens is 1. The number of hydrogen-bond donors (Lipinski definition) is 1. The molecule has 2 heterocycles. The third-order valence-corrected chi connectivity index (χ3v) is 6.17. The fraction of sp³-hybridized carbons (Fsp3) is 0.500. The average molecular weight is 425 g/mol. The Bertz CT molecular complexity index is 777. The summed E-state index contributed by atoms with van der Waals surface area (Å²) in [6.07, 6.45) is 3.95. The molecule has 25 heavy (non-hydrogen) atoms. The van der Waals surface area contributed by atoms with Crippen LogP contribution in [0.3, 0.4) is 0 Å². The molecular weight excluding hydrogens is 404 g/mol. The number of carboxylic acids is 1. The first-order valence-corrected chi connectivity index (χ1v) is 10.2. The zero-order valence-corrected chi connectivity index (χ0v) is 16.3. The van der Waals surface area contributed by atoms with Crippen molar-refractivity contribution in [1.29, 1.82) is 0 Å². The molecule has 1 fully saturated rings. The monoisotopic (exact) mass is 424 g/mol. The lowest BCUT2D eigenvalue weighted by Crippen LogP contribution is -2.40. The van der Waals surface area contributed by atoms with E-state index >= 15 is 0 Å². The van der Waals surface area contributed by atoms with Crippen molar-refractivity contribution in [2.45, 2.75) is 38.5 Å². The highest BCUT2D eigenvalue weighted by molar-refractivity contribution is 9.10. The number of aromatic nitrogens is 1. The van der Waals surface area contributed by atoms with Gasteiger partial charge in [-0.15, -0.1) is 11.3 Å². The van der Waals surface area contributed by atoms with Gasteiger partial charge >= 0.3 is 5.97 Å². The summed E-state index contributed by atoms with van der Waals surface area (Å²) in [6.45, 7) is 1.48. The molecule has 0 radical (unpaired) electrons. The Balaban J connectivity index is 1.53. The van der Waals surface area contributed by atoms with Gasteiger partial charge < -0.3 is 10.0 Å². The van der Waals surface area contributed by atoms with Crippen molar-refractivity contribution in [3.63, 3.8) is 0 Å². The molecule has 0 bridgehead atoms. The Morgan fingerprint density at radius 1 is 1.36 bits per heavy atom. The van der Waals surface area contributed by atoms with E-state index < -0.39 is 5.97 Å². The summed E-state index contributed by atoms with van der Waals surface area (Å²) in [6, 6.07) is 6.04. The van der Waals surface area contributed by atoms with E-state index in [1.54, 1.807) is 11.3 Å². The Morgan fingerprint density at radius 2 is 2.20 bits per heavy atom. The van der Waals surface area contributed by atoms with Crippen LogP contribution in [-0.2, 0) is 16.0 Å². The average Bonchev–Trinajstić information content (AvgIpc) is 3.00. The van der Waals surface area contributed by atoms with Gasteiger partial charge in [-0.1, -0.05) is 15.9 Å². The van der Waals surface area contributed by atoms with Crippen molar-refractivity contribution >= 4 is 49.4 Å². The molecule has 1 aliphatic heterocycles. The molecule has 1 atom stereocenters. The van der Waals surface area contributed by atoms with Gasteiger partial charge in [0.2, 0.25) is 5.91 Å². The van der Waals surface area contributed by atoms with Gasteiger partial charge in [0.25, 0.3) is 0 Å². The number of fused-ring (bicyclic) bond motifs is 1. The van der Waals surface area contributed by atoms with Gasteiger partial charge in [-0.3, -0.25) is 9.59 Å². The lowest BCUT2D eigenvalue weighted by atomic mass is 9.93. The van der Waals surface area contributed by atoms with Gasteiger partial charge in [-0.2, -0.15) is 0 Å². The largest absolute Gasteiger partial charge is 0.481 e. The summed E-state index contributed by atoms with van der Waals surface area (Å²) in [7, 11) is 0. The number of carbonyl (C=O) groups excluding carboxylic acids is 1. The molecule has 1 saturated heterocycles. The second-order valence-corrected chi connectivity index (χ2v) is 8.53. The predicted octanol–water partition coefficient (Wildman–Crippen LogP) is 4.09. The van der Waals surface area contributed by atoms with Gasteiger partial charge in [0.1, 0.15) is 0 Å². The molecule has 0 saturated carbocycles. The molecular formula is C18H21BrN2O3S. The van der Waals surface area contributed by atoms with E-state index in [1.807, 2.05) is 23.1 Å². The molecule has 1 aromatic heterocycles. The number of carboxylic acid groups (broad SMARTS) is 1. The van der Waals surface area contributed by atoms with Crippen LogP contribution in [-0.4, -0.2) is 40.0 Å². The van der Waals surface area contributed by atoms with Crippen LogP contribution >= 0.6 is 27.3 Å². The summed E-state index contributed by atoms with van der Waals surface area (Å²) >= 11 is 5.09. The second kappa shape index (κ2) is 8.27. The maximum absolute atomic E-state index is 12.5. The number of aryl methyl sites for hydroxylation is 1. The maximum atomic E-state index is 12.5. The lowest BCUT2D eigenvalue weighted by Gasteiger charge is -2.32. The third kappa shape index (κ3) is 5.01. The summed E-state index contributed by atoms with van der Waals surface area (Å²) in [5.74, 6) is -0.292. The summed E-state index contributed by atoms with van der Waals surface area (Å²) in [5, 5.41) is 9.80. The number of hydrogen-bond acceptors (Lipinski definition) is 4. The number of carbonyl (C=O) groups is 2. The number of benzene rings is 1. The van der Waals surface area contributed by atoms with Crippen molar-refractivity contribution in [2.75, 3.05) is 13.1 Å². The molecule has 7 heteroatoms. The lowest BCUT2D eigenvalue weighted by molar-refractivity contribution is -0.137. The Morgan fingerprint density at radius 3 is 3.00 bits per heavy atom. The minimum Gasteiger partial charge on any atom is -0.481 e. The summed E-state index contributed by atoms with van der Waals surface area (Å²) in [5.41, 5.74) is 0.966. The molecule has 0 spiro atoms. The van der Waals surface area contributed by atoms with Crippen molar-refractivity contribution in [1.82, 2.24) is 9.88 Å². The Hall–Kier alpha value is -1.47. The first-order valence-electron chi connectivity index (χ1n) is 8.56. The second-order valence-electron chi connectivity index (χ2n) is 6.50. The molecule has 0 aliphatic carbocycles. The predicted molar refractivity (Wildman–Crippen MR) is 102 cm³/mol. The molecule has 1 unspecified atom stereocenters. The van der Waals surface area contributed by atoms with E-state index in [1.165, 1.54) is 0 Å². The third-order valence-electron chi connectivity index (χ3n) is 4.58. The van der Waals surface area contributed by atoms with Crippen molar-refractivity contribution in [2.24, 2.45) is 5.92 Å². The number of likely N-dealkylation sites (tertiary alicyclic amines) is 1. The van der Waals surface area contributed by atoms with E-state index in [9.17, 15) is 9.59 Å².